The predicted octanol–water partition coefficient (Wildman–Crippen LogP) is 1.85. The third kappa shape index (κ3) is 3.18. The SMILES string of the molecule is CCCCCCCCc1nc2c([nH]1)c(=O)[nH]c(=O)n2C. The van der Waals surface area contributed by atoms with Gasteiger partial charge in [0.15, 0.2) is 5.65 Å². The van der Waals surface area contributed by atoms with Crippen molar-refractivity contribution in [2.75, 3.05) is 0 Å². The molecule has 2 aromatic rings. The second-order valence-electron chi connectivity index (χ2n) is 5.22. The molecular formula is C14H22N4O2. The van der Waals surface area contributed by atoms with Crippen LogP contribution >= 0.6 is 0 Å². The molecule has 0 aromatic carbocycles. The first-order valence-electron chi connectivity index (χ1n) is 7.31. The number of nitrogens with one attached hydrogen (secondary N) is 2. The summed E-state index contributed by atoms with van der Waals surface area (Å²) in [6.07, 6.45) is 8.11. The summed E-state index contributed by atoms with van der Waals surface area (Å²) in [4.78, 5) is 32.8. The number of H-pyrrole nitrogens is 2. The molecule has 2 rings (SSSR count). The molecule has 0 aliphatic rings. The number of aryl methyl sites for hydroxylation is 2. The highest BCUT2D eigenvalue weighted by Crippen LogP contribution is 2.10. The Morgan fingerprint density at radius 1 is 1.05 bits per heavy atom. The van der Waals surface area contributed by atoms with Gasteiger partial charge in [0.25, 0.3) is 5.56 Å². The molecule has 0 aliphatic carbocycles. The molecule has 0 bridgehead atoms. The minimum atomic E-state index is -0.430. The van der Waals surface area contributed by atoms with Crippen LogP contribution in [0.1, 0.15) is 51.3 Å². The number of hydrogen-bond acceptors (Lipinski definition) is 3. The molecule has 110 valence electrons. The van der Waals surface area contributed by atoms with E-state index < -0.39 is 11.2 Å². The van der Waals surface area contributed by atoms with Crippen LogP contribution in [0.15, 0.2) is 9.59 Å². The quantitative estimate of drug-likeness (QED) is 0.758. The molecule has 6 nitrogen and oxygen atoms in total. The highest BCUT2D eigenvalue weighted by molar-refractivity contribution is 5.69. The van der Waals surface area contributed by atoms with Crippen LogP contribution in [0.2, 0.25) is 0 Å². The summed E-state index contributed by atoms with van der Waals surface area (Å²) in [6, 6.07) is 0. The fraction of sp³-hybridized carbons (Fsp3) is 0.643. The first-order chi connectivity index (χ1) is 9.63. The van der Waals surface area contributed by atoms with Crippen molar-refractivity contribution in [3.8, 4) is 0 Å². The Labute approximate surface area is 117 Å². The minimum absolute atomic E-state index is 0.382. The van der Waals surface area contributed by atoms with Crippen molar-refractivity contribution in [3.63, 3.8) is 0 Å². The fourth-order valence-corrected chi connectivity index (χ4v) is 2.34. The predicted molar refractivity (Wildman–Crippen MR) is 79.0 cm³/mol. The monoisotopic (exact) mass is 278 g/mol. The van der Waals surface area contributed by atoms with Gasteiger partial charge in [0.2, 0.25) is 0 Å². The lowest BCUT2D eigenvalue weighted by Crippen LogP contribution is -2.28. The summed E-state index contributed by atoms with van der Waals surface area (Å²) in [5.41, 5.74) is -0.0160. The molecule has 0 atom stereocenters. The van der Waals surface area contributed by atoms with Crippen LogP contribution in [0.4, 0.5) is 0 Å². The lowest BCUT2D eigenvalue weighted by atomic mass is 10.1. The lowest BCUT2D eigenvalue weighted by Gasteiger charge is -1.98. The van der Waals surface area contributed by atoms with Crippen molar-refractivity contribution in [1.82, 2.24) is 19.5 Å². The van der Waals surface area contributed by atoms with Gasteiger partial charge in [0.05, 0.1) is 0 Å². The number of hydrogen-bond donors (Lipinski definition) is 2. The highest BCUT2D eigenvalue weighted by atomic mass is 16.2. The molecule has 2 heterocycles. The van der Waals surface area contributed by atoms with E-state index in [1.807, 2.05) is 0 Å². The average molecular weight is 278 g/mol. The maximum absolute atomic E-state index is 11.7. The first-order valence-corrected chi connectivity index (χ1v) is 7.31. The third-order valence-corrected chi connectivity index (χ3v) is 3.57. The third-order valence-electron chi connectivity index (χ3n) is 3.57. The highest BCUT2D eigenvalue weighted by Gasteiger charge is 2.10. The zero-order valence-electron chi connectivity index (χ0n) is 12.2. The Balaban J connectivity index is 2.02. The van der Waals surface area contributed by atoms with Crippen molar-refractivity contribution < 1.29 is 0 Å². The maximum atomic E-state index is 11.7. The van der Waals surface area contributed by atoms with Crippen molar-refractivity contribution >= 4 is 11.2 Å². The molecule has 0 saturated carbocycles. The number of nitrogens with zero attached hydrogens (tertiary/aromatic N) is 2. The van der Waals surface area contributed by atoms with Crippen LogP contribution in [-0.4, -0.2) is 19.5 Å². The van der Waals surface area contributed by atoms with Crippen LogP contribution in [-0.2, 0) is 13.5 Å². The standard InChI is InChI=1S/C14H22N4O2/c1-3-4-5-6-7-8-9-10-15-11-12(16-10)18(2)14(20)17-13(11)19/h3-9H2,1-2H3,(H,15,16)(H,17,19,20). The summed E-state index contributed by atoms with van der Waals surface area (Å²) in [6.45, 7) is 2.20. The Morgan fingerprint density at radius 3 is 2.50 bits per heavy atom. The van der Waals surface area contributed by atoms with E-state index in [0.29, 0.717) is 11.2 Å². The Kier molecular flexibility index (Phi) is 4.76. The largest absolute Gasteiger partial charge is 0.336 e. The topological polar surface area (TPSA) is 83.5 Å². The fourth-order valence-electron chi connectivity index (χ4n) is 2.34. The molecule has 0 aliphatic heterocycles. The van der Waals surface area contributed by atoms with Gasteiger partial charge in [-0.25, -0.2) is 9.78 Å². The summed E-state index contributed by atoms with van der Waals surface area (Å²) in [7, 11) is 1.61. The van der Waals surface area contributed by atoms with E-state index in [9.17, 15) is 9.59 Å². The zero-order valence-corrected chi connectivity index (χ0v) is 12.2. The van der Waals surface area contributed by atoms with E-state index in [-0.39, 0.29) is 0 Å². The number of unbranched alkanes of at least 4 members (excludes halogenated alkanes) is 5. The van der Waals surface area contributed by atoms with E-state index in [0.717, 1.165) is 18.7 Å². The molecule has 0 saturated heterocycles. The van der Waals surface area contributed by atoms with Gasteiger partial charge in [-0.2, -0.15) is 0 Å². The summed E-state index contributed by atoms with van der Waals surface area (Å²) in [5, 5.41) is 0. The van der Waals surface area contributed by atoms with Crippen molar-refractivity contribution in [2.24, 2.45) is 7.05 Å². The molecule has 0 fully saturated rings. The molecule has 0 amide bonds. The molecule has 20 heavy (non-hydrogen) atoms. The molecule has 0 spiro atoms. The van der Waals surface area contributed by atoms with Crippen LogP contribution in [0.3, 0.4) is 0 Å². The zero-order chi connectivity index (χ0) is 14.5. The number of fused-ring (bicyclic) bond motifs is 1. The normalized spacial score (nSPS) is 11.3. The number of aromatic nitrogens is 4. The maximum Gasteiger partial charge on any atom is 0.329 e. The number of imidazole rings is 1. The van der Waals surface area contributed by atoms with Gasteiger partial charge in [0, 0.05) is 13.5 Å². The van der Waals surface area contributed by atoms with Crippen molar-refractivity contribution in [1.29, 1.82) is 0 Å². The Bertz CT molecular complexity index is 681. The summed E-state index contributed by atoms with van der Waals surface area (Å²) < 4.78 is 1.36. The van der Waals surface area contributed by atoms with E-state index in [2.05, 4.69) is 21.9 Å². The van der Waals surface area contributed by atoms with E-state index in [4.69, 9.17) is 0 Å². The molecule has 2 N–H and O–H groups in total. The summed E-state index contributed by atoms with van der Waals surface area (Å²) in [5.74, 6) is 0.780. The van der Waals surface area contributed by atoms with E-state index in [1.54, 1.807) is 7.05 Å². The number of aromatic amines is 2. The first kappa shape index (κ1) is 14.6. The van der Waals surface area contributed by atoms with Gasteiger partial charge in [0.1, 0.15) is 11.3 Å². The summed E-state index contributed by atoms with van der Waals surface area (Å²) >= 11 is 0. The molecule has 0 unspecified atom stereocenters. The van der Waals surface area contributed by atoms with E-state index >= 15 is 0 Å². The van der Waals surface area contributed by atoms with Crippen molar-refractivity contribution in [3.05, 3.63) is 26.7 Å². The van der Waals surface area contributed by atoms with Crippen molar-refractivity contribution in [2.45, 2.75) is 51.9 Å². The van der Waals surface area contributed by atoms with Crippen LogP contribution in [0, 0.1) is 0 Å². The van der Waals surface area contributed by atoms with Gasteiger partial charge in [-0.3, -0.25) is 14.3 Å². The number of rotatable bonds is 7. The van der Waals surface area contributed by atoms with Crippen LogP contribution in [0.5, 0.6) is 0 Å². The lowest BCUT2D eigenvalue weighted by molar-refractivity contribution is 0.602. The second kappa shape index (κ2) is 6.54. The average Bonchev–Trinajstić information content (AvgIpc) is 2.85. The Hall–Kier alpha value is -1.85. The Morgan fingerprint density at radius 2 is 1.75 bits per heavy atom. The van der Waals surface area contributed by atoms with Gasteiger partial charge in [-0.05, 0) is 6.42 Å². The van der Waals surface area contributed by atoms with E-state index in [1.165, 1.54) is 36.7 Å². The smallest absolute Gasteiger partial charge is 0.329 e. The van der Waals surface area contributed by atoms with Crippen LogP contribution in [0.25, 0.3) is 11.2 Å². The van der Waals surface area contributed by atoms with Gasteiger partial charge in [-0.1, -0.05) is 39.0 Å². The second-order valence-corrected chi connectivity index (χ2v) is 5.22. The molecular weight excluding hydrogens is 256 g/mol. The minimum Gasteiger partial charge on any atom is -0.336 e. The molecule has 6 heteroatoms. The van der Waals surface area contributed by atoms with Gasteiger partial charge < -0.3 is 4.98 Å². The molecule has 0 radical (unpaired) electrons. The van der Waals surface area contributed by atoms with Crippen LogP contribution < -0.4 is 11.2 Å². The van der Waals surface area contributed by atoms with Gasteiger partial charge in [-0.15, -0.1) is 0 Å². The van der Waals surface area contributed by atoms with Gasteiger partial charge >= 0.3 is 5.69 Å². The molecule has 2 aromatic heterocycles.